The molecule has 0 radical (unpaired) electrons. The zero-order valence-electron chi connectivity index (χ0n) is 15.0. The summed E-state index contributed by atoms with van der Waals surface area (Å²) < 4.78 is 34.4. The van der Waals surface area contributed by atoms with Crippen LogP contribution in [0.25, 0.3) is 0 Å². The van der Waals surface area contributed by atoms with E-state index in [4.69, 9.17) is 18.5 Å². The third kappa shape index (κ3) is 7.46. The van der Waals surface area contributed by atoms with Crippen molar-refractivity contribution in [3.63, 3.8) is 0 Å². The van der Waals surface area contributed by atoms with Gasteiger partial charge in [0.05, 0.1) is 25.9 Å². The Kier molecular flexibility index (Phi) is 10.5. The number of nitriles is 1. The number of nitrogens with zero attached hydrogens (tertiary/aromatic N) is 1. The molecule has 1 heterocycles. The van der Waals surface area contributed by atoms with Crippen LogP contribution in [-0.2, 0) is 23.1 Å². The van der Waals surface area contributed by atoms with Gasteiger partial charge in [-0.2, -0.15) is 5.26 Å². The van der Waals surface area contributed by atoms with E-state index in [0.717, 1.165) is 31.4 Å². The van der Waals surface area contributed by atoms with E-state index in [1.807, 2.05) is 13.0 Å². The summed E-state index contributed by atoms with van der Waals surface area (Å²) in [4.78, 5) is 0. The Balaban J connectivity index is 2.43. The van der Waals surface area contributed by atoms with Crippen molar-refractivity contribution < 1.29 is 23.1 Å². The summed E-state index contributed by atoms with van der Waals surface area (Å²) in [6, 6.07) is 2.08. The van der Waals surface area contributed by atoms with Gasteiger partial charge in [-0.3, -0.25) is 4.57 Å². The Morgan fingerprint density at radius 2 is 2.08 bits per heavy atom. The van der Waals surface area contributed by atoms with Crippen LogP contribution in [0.5, 0.6) is 0 Å². The fourth-order valence-electron chi connectivity index (χ4n) is 2.48. The third-order valence-corrected chi connectivity index (χ3v) is 6.09. The lowest BCUT2D eigenvalue weighted by atomic mass is 10.2. The number of hydrogen-bond acceptors (Lipinski definition) is 6. The van der Waals surface area contributed by atoms with Crippen molar-refractivity contribution in [2.24, 2.45) is 0 Å². The minimum Gasteiger partial charge on any atom is -0.353 e. The molecule has 0 spiro atoms. The van der Waals surface area contributed by atoms with E-state index in [1.54, 1.807) is 13.8 Å². The minimum atomic E-state index is -3.37. The molecule has 0 bridgehead atoms. The highest BCUT2D eigenvalue weighted by Crippen LogP contribution is 2.54. The molecule has 0 aromatic carbocycles. The van der Waals surface area contributed by atoms with Crippen LogP contribution in [0.4, 0.5) is 0 Å². The Labute approximate surface area is 145 Å². The van der Waals surface area contributed by atoms with Crippen LogP contribution in [-0.4, -0.2) is 38.4 Å². The van der Waals surface area contributed by atoms with Gasteiger partial charge in [-0.1, -0.05) is 11.6 Å². The second kappa shape index (κ2) is 11.8. The Bertz CT molecular complexity index is 458. The van der Waals surface area contributed by atoms with Gasteiger partial charge in [0, 0.05) is 6.61 Å². The first-order chi connectivity index (χ1) is 11.6. The van der Waals surface area contributed by atoms with Crippen molar-refractivity contribution in [3.8, 4) is 6.07 Å². The molecule has 0 aromatic rings. The lowest BCUT2D eigenvalue weighted by Crippen LogP contribution is -2.22. The largest absolute Gasteiger partial charge is 0.353 e. The number of hydrogen-bond donors (Lipinski definition) is 0. The molecular formula is C17H30NO5P. The molecule has 0 aromatic heterocycles. The lowest BCUT2D eigenvalue weighted by molar-refractivity contribution is -0.156. The molecule has 1 rings (SSSR count). The first-order valence-corrected chi connectivity index (χ1v) is 10.3. The van der Waals surface area contributed by atoms with E-state index < -0.39 is 13.3 Å². The number of ether oxygens (including phenoxy) is 2. The molecule has 0 N–H and O–H groups in total. The van der Waals surface area contributed by atoms with Gasteiger partial charge in [-0.05, 0) is 52.9 Å². The average Bonchev–Trinajstić information content (AvgIpc) is 2.58. The first kappa shape index (κ1) is 21.3. The molecule has 1 aliphatic heterocycles. The van der Waals surface area contributed by atoms with Gasteiger partial charge in [0.2, 0.25) is 0 Å². The summed E-state index contributed by atoms with van der Waals surface area (Å²) >= 11 is 0. The molecule has 0 amide bonds. The summed E-state index contributed by atoms with van der Waals surface area (Å²) in [5.41, 5.74) is 0.326. The molecule has 24 heavy (non-hydrogen) atoms. The highest BCUT2D eigenvalue weighted by atomic mass is 31.2. The predicted octanol–water partition coefficient (Wildman–Crippen LogP) is 4.41. The molecule has 6 nitrogen and oxygen atoms in total. The normalized spacial score (nSPS) is 20.6. The summed E-state index contributed by atoms with van der Waals surface area (Å²) in [5, 5.41) is 9.31. The highest BCUT2D eigenvalue weighted by Gasteiger charge is 2.35. The van der Waals surface area contributed by atoms with Gasteiger partial charge in [0.1, 0.15) is 5.66 Å². The van der Waals surface area contributed by atoms with E-state index >= 15 is 0 Å². The molecule has 0 saturated carbocycles. The summed E-state index contributed by atoms with van der Waals surface area (Å²) in [7, 11) is -3.37. The molecular weight excluding hydrogens is 329 g/mol. The second-order valence-electron chi connectivity index (χ2n) is 5.76. The maximum absolute atomic E-state index is 12.6. The molecule has 1 aliphatic rings. The van der Waals surface area contributed by atoms with E-state index in [0.29, 0.717) is 19.4 Å². The SMILES string of the molecule is CCOP(=O)(OCC)C(C#N)CC/C=C(\C)COC1CCCCO1. The van der Waals surface area contributed by atoms with Gasteiger partial charge < -0.3 is 18.5 Å². The smallest absolute Gasteiger partial charge is 0.347 e. The minimum absolute atomic E-state index is 0.106. The zero-order valence-corrected chi connectivity index (χ0v) is 15.9. The first-order valence-electron chi connectivity index (χ1n) is 8.73. The van der Waals surface area contributed by atoms with Crippen molar-refractivity contribution in [1.82, 2.24) is 0 Å². The van der Waals surface area contributed by atoms with Crippen molar-refractivity contribution in [3.05, 3.63) is 11.6 Å². The molecule has 138 valence electrons. The maximum atomic E-state index is 12.6. The molecule has 2 atom stereocenters. The Morgan fingerprint density at radius 1 is 1.38 bits per heavy atom. The average molecular weight is 359 g/mol. The summed E-state index contributed by atoms with van der Waals surface area (Å²) in [6.07, 6.45) is 6.15. The van der Waals surface area contributed by atoms with Crippen LogP contribution in [0.2, 0.25) is 0 Å². The van der Waals surface area contributed by atoms with Crippen molar-refractivity contribution in [2.75, 3.05) is 26.4 Å². The quantitative estimate of drug-likeness (QED) is 0.401. The summed E-state index contributed by atoms with van der Waals surface area (Å²) in [5.74, 6) is 0. The van der Waals surface area contributed by atoms with Crippen molar-refractivity contribution in [2.45, 2.75) is 64.8 Å². The fraction of sp³-hybridized carbons (Fsp3) is 0.824. The van der Waals surface area contributed by atoms with Crippen molar-refractivity contribution >= 4 is 7.60 Å². The predicted molar refractivity (Wildman–Crippen MR) is 92.8 cm³/mol. The second-order valence-corrected chi connectivity index (χ2v) is 7.97. The zero-order chi connectivity index (χ0) is 17.8. The van der Waals surface area contributed by atoms with E-state index in [9.17, 15) is 9.83 Å². The van der Waals surface area contributed by atoms with Crippen LogP contribution in [0, 0.1) is 11.3 Å². The molecule has 2 unspecified atom stereocenters. The van der Waals surface area contributed by atoms with Gasteiger partial charge in [0.15, 0.2) is 6.29 Å². The highest BCUT2D eigenvalue weighted by molar-refractivity contribution is 7.55. The van der Waals surface area contributed by atoms with Crippen LogP contribution < -0.4 is 0 Å². The van der Waals surface area contributed by atoms with Gasteiger partial charge in [-0.15, -0.1) is 0 Å². The number of rotatable bonds is 11. The van der Waals surface area contributed by atoms with Gasteiger partial charge >= 0.3 is 7.60 Å². The molecule has 1 saturated heterocycles. The lowest BCUT2D eigenvalue weighted by Gasteiger charge is -2.23. The summed E-state index contributed by atoms with van der Waals surface area (Å²) in [6.45, 7) is 7.27. The van der Waals surface area contributed by atoms with E-state index in [2.05, 4.69) is 6.07 Å². The molecule has 1 fully saturated rings. The van der Waals surface area contributed by atoms with Crippen LogP contribution in [0.1, 0.15) is 52.9 Å². The standard InChI is InChI=1S/C17H30NO5P/c1-4-22-24(19,23-5-2)16(13-18)10-8-9-15(3)14-21-17-11-6-7-12-20-17/h9,16-17H,4-8,10-12,14H2,1-3H3/b15-9+. The van der Waals surface area contributed by atoms with Gasteiger partial charge in [-0.25, -0.2) is 0 Å². The van der Waals surface area contributed by atoms with Gasteiger partial charge in [0.25, 0.3) is 0 Å². The van der Waals surface area contributed by atoms with Crippen LogP contribution in [0.15, 0.2) is 11.6 Å². The third-order valence-electron chi connectivity index (χ3n) is 3.72. The maximum Gasteiger partial charge on any atom is 0.347 e. The van der Waals surface area contributed by atoms with Crippen LogP contribution >= 0.6 is 7.60 Å². The molecule has 0 aliphatic carbocycles. The Hall–Kier alpha value is -0.700. The Morgan fingerprint density at radius 3 is 2.62 bits per heavy atom. The van der Waals surface area contributed by atoms with Crippen molar-refractivity contribution in [1.29, 1.82) is 5.26 Å². The fourth-order valence-corrected chi connectivity index (χ4v) is 4.24. The van der Waals surface area contributed by atoms with E-state index in [-0.39, 0.29) is 19.5 Å². The van der Waals surface area contributed by atoms with Crippen LogP contribution in [0.3, 0.4) is 0 Å². The van der Waals surface area contributed by atoms with E-state index in [1.165, 1.54) is 0 Å². The molecule has 7 heteroatoms. The monoisotopic (exact) mass is 359 g/mol. The number of allylic oxidation sites excluding steroid dienone is 1. The topological polar surface area (TPSA) is 77.8 Å².